The summed E-state index contributed by atoms with van der Waals surface area (Å²) in [5, 5.41) is 3.60. The van der Waals surface area contributed by atoms with Gasteiger partial charge in [-0.2, -0.15) is 0 Å². The van der Waals surface area contributed by atoms with Gasteiger partial charge in [0.25, 0.3) is 5.91 Å². The standard InChI is InChI=1S/C19H16Cl2N2O4/c1-19(8-11-3-5-15-16(7-11)27-10-26-15)17(24)23(18(25)22-19)9-12-2-4-13(20)14(21)6-12/h2-7H,8-10H2,1H3,(H,22,25). The monoisotopic (exact) mass is 406 g/mol. The van der Waals surface area contributed by atoms with Crippen LogP contribution >= 0.6 is 23.2 Å². The van der Waals surface area contributed by atoms with E-state index >= 15 is 0 Å². The average Bonchev–Trinajstić information content (AvgIpc) is 3.16. The van der Waals surface area contributed by atoms with Gasteiger partial charge in [0.15, 0.2) is 11.5 Å². The molecule has 140 valence electrons. The summed E-state index contributed by atoms with van der Waals surface area (Å²) in [6.07, 6.45) is 0.339. The number of urea groups is 1. The molecular formula is C19H16Cl2N2O4. The Labute approximate surface area is 165 Å². The zero-order chi connectivity index (χ0) is 19.2. The molecule has 2 aliphatic rings. The smallest absolute Gasteiger partial charge is 0.325 e. The van der Waals surface area contributed by atoms with Crippen molar-refractivity contribution in [2.45, 2.75) is 25.4 Å². The molecule has 2 aromatic rings. The molecule has 4 rings (SSSR count). The van der Waals surface area contributed by atoms with Gasteiger partial charge in [-0.25, -0.2) is 4.79 Å². The molecule has 1 saturated heterocycles. The van der Waals surface area contributed by atoms with Crippen LogP contribution in [-0.2, 0) is 17.8 Å². The molecule has 1 N–H and O–H groups in total. The number of nitrogens with one attached hydrogen (secondary N) is 1. The summed E-state index contributed by atoms with van der Waals surface area (Å²) in [5.41, 5.74) is 0.549. The van der Waals surface area contributed by atoms with E-state index in [2.05, 4.69) is 5.32 Å². The summed E-state index contributed by atoms with van der Waals surface area (Å²) >= 11 is 11.9. The molecule has 1 fully saturated rings. The van der Waals surface area contributed by atoms with Crippen LogP contribution in [0, 0.1) is 0 Å². The maximum absolute atomic E-state index is 13.0. The number of ether oxygens (including phenoxy) is 2. The summed E-state index contributed by atoms with van der Waals surface area (Å²) in [4.78, 5) is 26.6. The van der Waals surface area contributed by atoms with Gasteiger partial charge in [-0.15, -0.1) is 0 Å². The van der Waals surface area contributed by atoms with Crippen molar-refractivity contribution in [3.05, 3.63) is 57.6 Å². The third-order valence-electron chi connectivity index (χ3n) is 4.66. The van der Waals surface area contributed by atoms with Gasteiger partial charge in [0.2, 0.25) is 6.79 Å². The number of rotatable bonds is 4. The Morgan fingerprint density at radius 1 is 1.04 bits per heavy atom. The first kappa shape index (κ1) is 17.9. The molecule has 0 radical (unpaired) electrons. The van der Waals surface area contributed by atoms with E-state index < -0.39 is 11.6 Å². The summed E-state index contributed by atoms with van der Waals surface area (Å²) in [6.45, 7) is 2.02. The van der Waals surface area contributed by atoms with Crippen LogP contribution < -0.4 is 14.8 Å². The molecule has 2 aromatic carbocycles. The topological polar surface area (TPSA) is 67.9 Å². The maximum Gasteiger partial charge on any atom is 0.325 e. The number of benzene rings is 2. The fourth-order valence-electron chi connectivity index (χ4n) is 3.29. The van der Waals surface area contributed by atoms with Gasteiger partial charge in [0.05, 0.1) is 16.6 Å². The minimum absolute atomic E-state index is 0.123. The molecule has 0 aromatic heterocycles. The van der Waals surface area contributed by atoms with Gasteiger partial charge >= 0.3 is 6.03 Å². The molecule has 2 aliphatic heterocycles. The number of hydrogen-bond donors (Lipinski definition) is 1. The molecule has 1 atom stereocenters. The van der Waals surface area contributed by atoms with E-state index in [1.807, 2.05) is 12.1 Å². The summed E-state index contributed by atoms with van der Waals surface area (Å²) in [5.74, 6) is 1.02. The Morgan fingerprint density at radius 3 is 2.56 bits per heavy atom. The predicted octanol–water partition coefficient (Wildman–Crippen LogP) is 3.78. The number of carbonyl (C=O) groups excluding carboxylic acids is 2. The first-order valence-corrected chi connectivity index (χ1v) is 9.08. The van der Waals surface area contributed by atoms with Crippen molar-refractivity contribution < 1.29 is 19.1 Å². The number of hydrogen-bond acceptors (Lipinski definition) is 4. The number of imide groups is 1. The van der Waals surface area contributed by atoms with Gasteiger partial charge in [-0.3, -0.25) is 9.69 Å². The van der Waals surface area contributed by atoms with Crippen molar-refractivity contribution in [1.82, 2.24) is 10.2 Å². The van der Waals surface area contributed by atoms with Crippen LogP contribution in [0.15, 0.2) is 36.4 Å². The van der Waals surface area contributed by atoms with Crippen molar-refractivity contribution in [3.63, 3.8) is 0 Å². The first-order chi connectivity index (χ1) is 12.9. The lowest BCUT2D eigenvalue weighted by Crippen LogP contribution is -2.45. The van der Waals surface area contributed by atoms with Crippen LogP contribution in [0.25, 0.3) is 0 Å². The number of nitrogens with zero attached hydrogens (tertiary/aromatic N) is 1. The second-order valence-corrected chi connectivity index (χ2v) is 7.58. The normalized spacial score (nSPS) is 20.9. The number of halogens is 2. The molecule has 0 spiro atoms. The van der Waals surface area contributed by atoms with Crippen LogP contribution in [0.2, 0.25) is 10.0 Å². The Balaban J connectivity index is 1.53. The zero-order valence-corrected chi connectivity index (χ0v) is 15.9. The summed E-state index contributed by atoms with van der Waals surface area (Å²) < 4.78 is 10.7. The molecular weight excluding hydrogens is 391 g/mol. The van der Waals surface area contributed by atoms with Crippen LogP contribution in [0.5, 0.6) is 11.5 Å². The van der Waals surface area contributed by atoms with Crippen LogP contribution in [-0.4, -0.2) is 29.2 Å². The predicted molar refractivity (Wildman–Crippen MR) is 100 cm³/mol. The number of carbonyl (C=O) groups is 2. The minimum Gasteiger partial charge on any atom is -0.454 e. The minimum atomic E-state index is -1.04. The Kier molecular flexibility index (Phi) is 4.40. The van der Waals surface area contributed by atoms with Crippen LogP contribution in [0.1, 0.15) is 18.1 Å². The lowest BCUT2D eigenvalue weighted by atomic mass is 9.92. The van der Waals surface area contributed by atoms with Crippen molar-refractivity contribution in [2.24, 2.45) is 0 Å². The van der Waals surface area contributed by atoms with Gasteiger partial charge < -0.3 is 14.8 Å². The molecule has 27 heavy (non-hydrogen) atoms. The second kappa shape index (κ2) is 6.62. The number of amides is 3. The average molecular weight is 407 g/mol. The molecule has 3 amide bonds. The van der Waals surface area contributed by atoms with Crippen LogP contribution in [0.3, 0.4) is 0 Å². The lowest BCUT2D eigenvalue weighted by Gasteiger charge is -2.22. The Morgan fingerprint density at radius 2 is 1.78 bits per heavy atom. The van der Waals surface area contributed by atoms with Gasteiger partial charge in [0, 0.05) is 6.42 Å². The highest BCUT2D eigenvalue weighted by atomic mass is 35.5. The highest BCUT2D eigenvalue weighted by molar-refractivity contribution is 6.42. The highest BCUT2D eigenvalue weighted by Gasteiger charge is 2.47. The van der Waals surface area contributed by atoms with Crippen LogP contribution in [0.4, 0.5) is 4.79 Å². The SMILES string of the molecule is CC1(Cc2ccc3c(c2)OCO3)NC(=O)N(Cc2ccc(Cl)c(Cl)c2)C1=O. The zero-order valence-electron chi connectivity index (χ0n) is 14.4. The quantitative estimate of drug-likeness (QED) is 0.784. The molecule has 0 aliphatic carbocycles. The summed E-state index contributed by atoms with van der Waals surface area (Å²) in [6, 6.07) is 10.1. The van der Waals surface area contributed by atoms with E-state index in [4.69, 9.17) is 32.7 Å². The van der Waals surface area contributed by atoms with E-state index in [1.54, 1.807) is 31.2 Å². The number of fused-ring (bicyclic) bond motifs is 1. The molecule has 6 nitrogen and oxygen atoms in total. The first-order valence-electron chi connectivity index (χ1n) is 8.32. The Bertz CT molecular complexity index is 949. The van der Waals surface area contributed by atoms with Crippen molar-refractivity contribution in [1.29, 1.82) is 0 Å². The van der Waals surface area contributed by atoms with E-state index in [-0.39, 0.29) is 19.2 Å². The molecule has 8 heteroatoms. The maximum atomic E-state index is 13.0. The summed E-state index contributed by atoms with van der Waals surface area (Å²) in [7, 11) is 0. The molecule has 1 unspecified atom stereocenters. The van der Waals surface area contributed by atoms with Crippen molar-refractivity contribution in [2.75, 3.05) is 6.79 Å². The second-order valence-electron chi connectivity index (χ2n) is 6.77. The Hall–Kier alpha value is -2.44. The largest absolute Gasteiger partial charge is 0.454 e. The van der Waals surface area contributed by atoms with E-state index in [1.165, 1.54) is 4.90 Å². The lowest BCUT2D eigenvalue weighted by molar-refractivity contribution is -0.131. The van der Waals surface area contributed by atoms with Gasteiger partial charge in [-0.1, -0.05) is 35.3 Å². The van der Waals surface area contributed by atoms with E-state index in [0.717, 1.165) is 11.1 Å². The van der Waals surface area contributed by atoms with E-state index in [0.29, 0.717) is 28.0 Å². The highest BCUT2D eigenvalue weighted by Crippen LogP contribution is 2.34. The molecule has 2 heterocycles. The molecule has 0 saturated carbocycles. The van der Waals surface area contributed by atoms with Crippen molar-refractivity contribution >= 4 is 35.1 Å². The van der Waals surface area contributed by atoms with Crippen molar-refractivity contribution in [3.8, 4) is 11.5 Å². The fourth-order valence-corrected chi connectivity index (χ4v) is 3.61. The third-order valence-corrected chi connectivity index (χ3v) is 5.40. The third kappa shape index (κ3) is 3.31. The fraction of sp³-hybridized carbons (Fsp3) is 0.263. The molecule has 0 bridgehead atoms. The van der Waals surface area contributed by atoms with E-state index in [9.17, 15) is 9.59 Å². The van der Waals surface area contributed by atoms with Gasteiger partial charge in [0.1, 0.15) is 5.54 Å². The van der Waals surface area contributed by atoms with Gasteiger partial charge in [-0.05, 0) is 42.3 Å².